The van der Waals surface area contributed by atoms with Gasteiger partial charge in [-0.25, -0.2) is 4.99 Å². The molecule has 0 amide bonds. The molecule has 0 aromatic rings. The summed E-state index contributed by atoms with van der Waals surface area (Å²) in [6, 6.07) is 0.407. The van der Waals surface area contributed by atoms with Crippen molar-refractivity contribution in [2.45, 2.75) is 26.8 Å². The molecule has 2 heteroatoms. The molecule has 0 radical (unpaired) electrons. The van der Waals surface area contributed by atoms with Crippen molar-refractivity contribution in [2.75, 3.05) is 6.61 Å². The Kier molecular flexibility index (Phi) is 1.74. The Hall–Kier alpha value is -0.530. The molecule has 0 N–H and O–H groups in total. The van der Waals surface area contributed by atoms with Crippen LogP contribution in [-0.4, -0.2) is 18.5 Å². The monoisotopic (exact) mass is 127 g/mol. The Morgan fingerprint density at radius 3 is 2.56 bits per heavy atom. The van der Waals surface area contributed by atoms with Crippen molar-refractivity contribution in [3.63, 3.8) is 0 Å². The normalized spacial score (nSPS) is 26.2. The number of ether oxygens (including phenoxy) is 1. The van der Waals surface area contributed by atoms with E-state index in [4.69, 9.17) is 4.74 Å². The summed E-state index contributed by atoms with van der Waals surface area (Å²) in [4.78, 5) is 4.28. The molecule has 0 unspecified atom stereocenters. The fourth-order valence-electron chi connectivity index (χ4n) is 0.856. The van der Waals surface area contributed by atoms with Gasteiger partial charge in [0.05, 0.1) is 6.04 Å². The Morgan fingerprint density at radius 1 is 1.67 bits per heavy atom. The van der Waals surface area contributed by atoms with Gasteiger partial charge in [0.15, 0.2) is 5.90 Å². The van der Waals surface area contributed by atoms with E-state index in [2.05, 4.69) is 18.8 Å². The molecule has 9 heavy (non-hydrogen) atoms. The van der Waals surface area contributed by atoms with Crippen molar-refractivity contribution in [3.8, 4) is 0 Å². The average Bonchev–Trinajstić information content (AvgIpc) is 2.14. The van der Waals surface area contributed by atoms with Gasteiger partial charge >= 0.3 is 0 Å². The van der Waals surface area contributed by atoms with Gasteiger partial charge in [-0.3, -0.25) is 0 Å². The second kappa shape index (κ2) is 2.38. The predicted molar refractivity (Wildman–Crippen MR) is 37.7 cm³/mol. The summed E-state index contributed by atoms with van der Waals surface area (Å²) in [6.07, 6.45) is 0. The van der Waals surface area contributed by atoms with Crippen LogP contribution >= 0.6 is 0 Å². The molecule has 0 bridgehead atoms. The Bertz CT molecular complexity index is 129. The Morgan fingerprint density at radius 2 is 2.33 bits per heavy atom. The highest BCUT2D eigenvalue weighted by Crippen LogP contribution is 2.12. The van der Waals surface area contributed by atoms with Gasteiger partial charge in [-0.05, 0) is 5.92 Å². The number of hydrogen-bond donors (Lipinski definition) is 0. The fourth-order valence-corrected chi connectivity index (χ4v) is 0.856. The Labute approximate surface area is 55.9 Å². The highest BCUT2D eigenvalue weighted by atomic mass is 16.5. The summed E-state index contributed by atoms with van der Waals surface area (Å²) in [5.41, 5.74) is 0. The average molecular weight is 127 g/mol. The lowest BCUT2D eigenvalue weighted by Crippen LogP contribution is -2.13. The van der Waals surface area contributed by atoms with Crippen molar-refractivity contribution < 1.29 is 4.74 Å². The zero-order chi connectivity index (χ0) is 6.85. The molecule has 1 atom stereocenters. The molecule has 52 valence electrons. The van der Waals surface area contributed by atoms with Crippen LogP contribution < -0.4 is 0 Å². The minimum absolute atomic E-state index is 0.407. The molecule has 1 rings (SSSR count). The Balaban J connectivity index is 2.47. The number of aliphatic imine (C=N–C) groups is 1. The smallest absolute Gasteiger partial charge is 0.180 e. The SMILES string of the molecule is CC1=N[C@H](C(C)C)CO1. The van der Waals surface area contributed by atoms with E-state index in [0.717, 1.165) is 12.5 Å². The maximum atomic E-state index is 5.18. The van der Waals surface area contributed by atoms with E-state index in [-0.39, 0.29) is 0 Å². The molecule has 0 aromatic heterocycles. The van der Waals surface area contributed by atoms with Crippen molar-refractivity contribution in [2.24, 2.45) is 10.9 Å². The maximum Gasteiger partial charge on any atom is 0.180 e. The molecular weight excluding hydrogens is 114 g/mol. The van der Waals surface area contributed by atoms with E-state index in [9.17, 15) is 0 Å². The van der Waals surface area contributed by atoms with Crippen LogP contribution in [0.2, 0.25) is 0 Å². The first kappa shape index (κ1) is 6.59. The second-order valence-electron chi connectivity index (χ2n) is 2.77. The molecule has 1 aliphatic heterocycles. The van der Waals surface area contributed by atoms with Crippen molar-refractivity contribution in [1.29, 1.82) is 0 Å². The van der Waals surface area contributed by atoms with E-state index in [1.807, 2.05) is 6.92 Å². The van der Waals surface area contributed by atoms with Crippen LogP contribution in [0.4, 0.5) is 0 Å². The van der Waals surface area contributed by atoms with Gasteiger partial charge in [0.25, 0.3) is 0 Å². The molecule has 0 spiro atoms. The number of nitrogens with zero attached hydrogens (tertiary/aromatic N) is 1. The fraction of sp³-hybridized carbons (Fsp3) is 0.857. The largest absolute Gasteiger partial charge is 0.479 e. The molecule has 2 nitrogen and oxygen atoms in total. The van der Waals surface area contributed by atoms with E-state index >= 15 is 0 Å². The predicted octanol–water partition coefficient (Wildman–Crippen LogP) is 1.46. The van der Waals surface area contributed by atoms with Gasteiger partial charge in [0.2, 0.25) is 0 Å². The van der Waals surface area contributed by atoms with Crippen molar-refractivity contribution in [1.82, 2.24) is 0 Å². The molecule has 0 aliphatic carbocycles. The van der Waals surface area contributed by atoms with Crippen LogP contribution in [0.3, 0.4) is 0 Å². The van der Waals surface area contributed by atoms with Crippen LogP contribution in [0.1, 0.15) is 20.8 Å². The topological polar surface area (TPSA) is 21.6 Å². The van der Waals surface area contributed by atoms with Gasteiger partial charge in [-0.1, -0.05) is 13.8 Å². The lowest BCUT2D eigenvalue weighted by Gasteiger charge is -2.06. The van der Waals surface area contributed by atoms with Gasteiger partial charge in [-0.2, -0.15) is 0 Å². The quantitative estimate of drug-likeness (QED) is 0.522. The standard InChI is InChI=1S/C7H13NO/c1-5(2)7-4-9-6(3)8-7/h5,7H,4H2,1-3H3/t7-/m0/s1. The summed E-state index contributed by atoms with van der Waals surface area (Å²) in [6.45, 7) is 7.01. The zero-order valence-corrected chi connectivity index (χ0v) is 6.22. The van der Waals surface area contributed by atoms with Gasteiger partial charge < -0.3 is 4.74 Å². The number of rotatable bonds is 1. The van der Waals surface area contributed by atoms with Crippen molar-refractivity contribution >= 4 is 5.90 Å². The summed E-state index contributed by atoms with van der Waals surface area (Å²) in [5.74, 6) is 1.45. The molecule has 0 fully saturated rings. The lowest BCUT2D eigenvalue weighted by atomic mass is 10.1. The second-order valence-corrected chi connectivity index (χ2v) is 2.77. The third kappa shape index (κ3) is 1.44. The van der Waals surface area contributed by atoms with E-state index in [0.29, 0.717) is 12.0 Å². The summed E-state index contributed by atoms with van der Waals surface area (Å²) < 4.78 is 5.18. The molecule has 0 saturated carbocycles. The van der Waals surface area contributed by atoms with Gasteiger partial charge in [-0.15, -0.1) is 0 Å². The molecule has 1 heterocycles. The van der Waals surface area contributed by atoms with Crippen LogP contribution in [0.25, 0.3) is 0 Å². The minimum atomic E-state index is 0.407. The highest BCUT2D eigenvalue weighted by Gasteiger charge is 2.18. The summed E-state index contributed by atoms with van der Waals surface area (Å²) >= 11 is 0. The van der Waals surface area contributed by atoms with Gasteiger partial charge in [0, 0.05) is 6.92 Å². The minimum Gasteiger partial charge on any atom is -0.479 e. The summed E-state index contributed by atoms with van der Waals surface area (Å²) in [7, 11) is 0. The maximum absolute atomic E-state index is 5.18. The molecule has 0 aromatic carbocycles. The van der Waals surface area contributed by atoms with E-state index in [1.54, 1.807) is 0 Å². The van der Waals surface area contributed by atoms with Crippen LogP contribution in [-0.2, 0) is 4.74 Å². The molecule has 0 saturated heterocycles. The van der Waals surface area contributed by atoms with Crippen LogP contribution in [0.15, 0.2) is 4.99 Å². The third-order valence-electron chi connectivity index (χ3n) is 1.58. The third-order valence-corrected chi connectivity index (χ3v) is 1.58. The lowest BCUT2D eigenvalue weighted by molar-refractivity contribution is 0.289. The molecule has 1 aliphatic rings. The van der Waals surface area contributed by atoms with E-state index in [1.165, 1.54) is 0 Å². The van der Waals surface area contributed by atoms with Crippen LogP contribution in [0.5, 0.6) is 0 Å². The van der Waals surface area contributed by atoms with E-state index < -0.39 is 0 Å². The summed E-state index contributed by atoms with van der Waals surface area (Å²) in [5, 5.41) is 0. The zero-order valence-electron chi connectivity index (χ0n) is 6.22. The first-order valence-corrected chi connectivity index (χ1v) is 3.37. The molecular formula is C7H13NO. The highest BCUT2D eigenvalue weighted by molar-refractivity contribution is 5.74. The first-order chi connectivity index (χ1) is 4.20. The van der Waals surface area contributed by atoms with Gasteiger partial charge in [0.1, 0.15) is 6.61 Å². The first-order valence-electron chi connectivity index (χ1n) is 3.37. The van der Waals surface area contributed by atoms with Crippen molar-refractivity contribution in [3.05, 3.63) is 0 Å². The number of hydrogen-bond acceptors (Lipinski definition) is 2. The van der Waals surface area contributed by atoms with Crippen LogP contribution in [0, 0.1) is 5.92 Å².